The highest BCUT2D eigenvalue weighted by atomic mass is 16.2. The second-order valence-corrected chi connectivity index (χ2v) is 4.83. The molecule has 3 amide bonds. The molecular formula is C12H24N4O2. The van der Waals surface area contributed by atoms with E-state index in [1.807, 2.05) is 0 Å². The van der Waals surface area contributed by atoms with Gasteiger partial charge in [-0.1, -0.05) is 13.3 Å². The first kappa shape index (κ1) is 14.8. The maximum atomic E-state index is 12.3. The summed E-state index contributed by atoms with van der Waals surface area (Å²) in [4.78, 5) is 22.8. The highest BCUT2D eigenvalue weighted by Gasteiger charge is 2.38. The smallest absolute Gasteiger partial charge is 0.312 e. The molecule has 1 heterocycles. The predicted molar refractivity (Wildman–Crippen MR) is 70.0 cm³/mol. The number of nitrogens with one attached hydrogen (secondary N) is 3. The van der Waals surface area contributed by atoms with Crippen LogP contribution in [0.3, 0.4) is 0 Å². The van der Waals surface area contributed by atoms with Crippen LogP contribution in [0.25, 0.3) is 0 Å². The standard InChI is InChI=1S/C12H24N4O2/c1-2-3-12(4-6-14-7-5-12)10(17)15-8-9-16-11(13)18/h14H,2-9H2,1H3,(H,15,17)(H3,13,16,18). The van der Waals surface area contributed by atoms with Gasteiger partial charge < -0.3 is 21.7 Å². The molecule has 6 nitrogen and oxygen atoms in total. The number of rotatable bonds is 6. The summed E-state index contributed by atoms with van der Waals surface area (Å²) < 4.78 is 0. The van der Waals surface area contributed by atoms with Gasteiger partial charge in [-0.15, -0.1) is 0 Å². The van der Waals surface area contributed by atoms with Crippen LogP contribution in [0.1, 0.15) is 32.6 Å². The summed E-state index contributed by atoms with van der Waals surface area (Å²) >= 11 is 0. The normalized spacial score (nSPS) is 18.1. The summed E-state index contributed by atoms with van der Waals surface area (Å²) in [5.74, 6) is 0.108. The van der Waals surface area contributed by atoms with Crippen molar-refractivity contribution in [3.63, 3.8) is 0 Å². The number of piperidine rings is 1. The van der Waals surface area contributed by atoms with Gasteiger partial charge in [0.05, 0.1) is 5.41 Å². The van der Waals surface area contributed by atoms with Crippen LogP contribution >= 0.6 is 0 Å². The van der Waals surface area contributed by atoms with Crippen LogP contribution < -0.4 is 21.7 Å². The van der Waals surface area contributed by atoms with E-state index >= 15 is 0 Å². The first-order chi connectivity index (χ1) is 8.60. The van der Waals surface area contributed by atoms with Crippen molar-refractivity contribution in [2.24, 2.45) is 11.1 Å². The Balaban J connectivity index is 2.42. The van der Waals surface area contributed by atoms with Crippen LogP contribution in [-0.2, 0) is 4.79 Å². The van der Waals surface area contributed by atoms with Crippen molar-refractivity contribution in [3.05, 3.63) is 0 Å². The Morgan fingerprint density at radius 2 is 1.83 bits per heavy atom. The van der Waals surface area contributed by atoms with Crippen molar-refractivity contribution >= 4 is 11.9 Å². The largest absolute Gasteiger partial charge is 0.354 e. The van der Waals surface area contributed by atoms with E-state index in [9.17, 15) is 9.59 Å². The fourth-order valence-corrected chi connectivity index (χ4v) is 2.52. The summed E-state index contributed by atoms with van der Waals surface area (Å²) in [5.41, 5.74) is 4.73. The summed E-state index contributed by atoms with van der Waals surface area (Å²) in [5, 5.41) is 8.64. The lowest BCUT2D eigenvalue weighted by molar-refractivity contribution is -0.133. The molecule has 1 saturated heterocycles. The van der Waals surface area contributed by atoms with E-state index in [0.29, 0.717) is 13.1 Å². The van der Waals surface area contributed by atoms with Crippen LogP contribution in [0.4, 0.5) is 4.79 Å². The van der Waals surface area contributed by atoms with E-state index in [2.05, 4.69) is 22.9 Å². The fraction of sp³-hybridized carbons (Fsp3) is 0.833. The Morgan fingerprint density at radius 1 is 1.22 bits per heavy atom. The Kier molecular flexibility index (Phi) is 5.91. The maximum absolute atomic E-state index is 12.3. The molecule has 1 rings (SSSR count). The molecule has 0 atom stereocenters. The summed E-state index contributed by atoms with van der Waals surface area (Å²) in [6.45, 7) is 4.70. The van der Waals surface area contributed by atoms with Crippen LogP contribution in [0.2, 0.25) is 0 Å². The molecule has 0 aromatic rings. The first-order valence-corrected chi connectivity index (χ1v) is 6.63. The predicted octanol–water partition coefficient (Wildman–Crippen LogP) is -0.0592. The molecule has 1 aliphatic rings. The van der Waals surface area contributed by atoms with Gasteiger partial charge in [-0.25, -0.2) is 4.79 Å². The Hall–Kier alpha value is -1.30. The number of hydrogen-bond donors (Lipinski definition) is 4. The molecule has 0 aromatic carbocycles. The second kappa shape index (κ2) is 7.20. The van der Waals surface area contributed by atoms with Crippen molar-refractivity contribution in [1.82, 2.24) is 16.0 Å². The van der Waals surface area contributed by atoms with E-state index in [-0.39, 0.29) is 11.3 Å². The average Bonchev–Trinajstić information content (AvgIpc) is 2.35. The van der Waals surface area contributed by atoms with Crippen LogP contribution in [0.15, 0.2) is 0 Å². The quantitative estimate of drug-likeness (QED) is 0.501. The molecule has 0 spiro atoms. The Labute approximate surface area is 108 Å². The van der Waals surface area contributed by atoms with Crippen molar-refractivity contribution in [2.75, 3.05) is 26.2 Å². The zero-order valence-electron chi connectivity index (χ0n) is 11.1. The second-order valence-electron chi connectivity index (χ2n) is 4.83. The van der Waals surface area contributed by atoms with Gasteiger partial charge in [-0.05, 0) is 32.4 Å². The molecule has 5 N–H and O–H groups in total. The lowest BCUT2D eigenvalue weighted by Crippen LogP contribution is -2.49. The SMILES string of the molecule is CCCC1(C(=O)NCCNC(N)=O)CCNCC1. The monoisotopic (exact) mass is 256 g/mol. The lowest BCUT2D eigenvalue weighted by atomic mass is 9.74. The topological polar surface area (TPSA) is 96.2 Å². The highest BCUT2D eigenvalue weighted by molar-refractivity contribution is 5.82. The molecule has 0 aromatic heterocycles. The average molecular weight is 256 g/mol. The van der Waals surface area contributed by atoms with Gasteiger partial charge in [0, 0.05) is 13.1 Å². The van der Waals surface area contributed by atoms with E-state index in [1.54, 1.807) is 0 Å². The van der Waals surface area contributed by atoms with Crippen LogP contribution in [0, 0.1) is 5.41 Å². The van der Waals surface area contributed by atoms with Crippen molar-refractivity contribution in [1.29, 1.82) is 0 Å². The number of hydrogen-bond acceptors (Lipinski definition) is 3. The molecule has 0 unspecified atom stereocenters. The van der Waals surface area contributed by atoms with E-state index in [4.69, 9.17) is 5.73 Å². The van der Waals surface area contributed by atoms with Crippen LogP contribution in [0.5, 0.6) is 0 Å². The van der Waals surface area contributed by atoms with Gasteiger partial charge in [-0.2, -0.15) is 0 Å². The van der Waals surface area contributed by atoms with Gasteiger partial charge in [0.2, 0.25) is 5.91 Å². The van der Waals surface area contributed by atoms with E-state index in [1.165, 1.54) is 0 Å². The van der Waals surface area contributed by atoms with Gasteiger partial charge in [0.25, 0.3) is 0 Å². The number of primary amides is 1. The number of urea groups is 1. The molecule has 6 heteroatoms. The summed E-state index contributed by atoms with van der Waals surface area (Å²) in [6.07, 6.45) is 3.70. The first-order valence-electron chi connectivity index (χ1n) is 6.63. The third-order valence-corrected chi connectivity index (χ3v) is 3.48. The number of nitrogens with two attached hydrogens (primary N) is 1. The molecule has 0 saturated carbocycles. The molecule has 0 radical (unpaired) electrons. The van der Waals surface area contributed by atoms with Gasteiger partial charge in [0.15, 0.2) is 0 Å². The van der Waals surface area contributed by atoms with Gasteiger partial charge in [-0.3, -0.25) is 4.79 Å². The maximum Gasteiger partial charge on any atom is 0.312 e. The third-order valence-electron chi connectivity index (χ3n) is 3.48. The molecule has 18 heavy (non-hydrogen) atoms. The van der Waals surface area contributed by atoms with Crippen molar-refractivity contribution < 1.29 is 9.59 Å². The Morgan fingerprint density at radius 3 is 2.39 bits per heavy atom. The summed E-state index contributed by atoms with van der Waals surface area (Å²) in [7, 11) is 0. The van der Waals surface area contributed by atoms with Crippen molar-refractivity contribution in [2.45, 2.75) is 32.6 Å². The van der Waals surface area contributed by atoms with Crippen LogP contribution in [-0.4, -0.2) is 38.1 Å². The van der Waals surface area contributed by atoms with Gasteiger partial charge >= 0.3 is 6.03 Å². The number of amides is 3. The molecule has 104 valence electrons. The molecule has 0 aliphatic carbocycles. The lowest BCUT2D eigenvalue weighted by Gasteiger charge is -2.36. The molecule has 1 aliphatic heterocycles. The molecular weight excluding hydrogens is 232 g/mol. The highest BCUT2D eigenvalue weighted by Crippen LogP contribution is 2.34. The number of carbonyl (C=O) groups is 2. The van der Waals surface area contributed by atoms with E-state index in [0.717, 1.165) is 38.8 Å². The minimum absolute atomic E-state index is 0.108. The zero-order chi connectivity index (χ0) is 13.4. The summed E-state index contributed by atoms with van der Waals surface area (Å²) in [6, 6.07) is -0.561. The third kappa shape index (κ3) is 4.18. The number of carbonyl (C=O) groups excluding carboxylic acids is 2. The molecule has 0 bridgehead atoms. The minimum atomic E-state index is -0.561. The zero-order valence-corrected chi connectivity index (χ0v) is 11.1. The minimum Gasteiger partial charge on any atom is -0.354 e. The molecule has 1 fully saturated rings. The van der Waals surface area contributed by atoms with Crippen molar-refractivity contribution in [3.8, 4) is 0 Å². The van der Waals surface area contributed by atoms with Gasteiger partial charge in [0.1, 0.15) is 0 Å². The fourth-order valence-electron chi connectivity index (χ4n) is 2.52. The Bertz CT molecular complexity index is 282. The van der Waals surface area contributed by atoms with E-state index < -0.39 is 6.03 Å².